The lowest BCUT2D eigenvalue weighted by atomic mass is 10.1. The molecule has 0 saturated carbocycles. The van der Waals surface area contributed by atoms with Crippen LogP contribution in [0.4, 0.5) is 0 Å². The van der Waals surface area contributed by atoms with Gasteiger partial charge in [0.15, 0.2) is 0 Å². The van der Waals surface area contributed by atoms with Crippen molar-refractivity contribution in [1.82, 2.24) is 5.32 Å². The summed E-state index contributed by atoms with van der Waals surface area (Å²) >= 11 is 3.42. The molecule has 1 saturated heterocycles. The third kappa shape index (κ3) is 5.06. The molecule has 1 N–H and O–H groups in total. The van der Waals surface area contributed by atoms with Crippen LogP contribution >= 0.6 is 15.9 Å². The number of hydrogen-bond acceptors (Lipinski definition) is 3. The van der Waals surface area contributed by atoms with Gasteiger partial charge in [-0.3, -0.25) is 4.79 Å². The van der Waals surface area contributed by atoms with Gasteiger partial charge < -0.3 is 14.8 Å². The first-order valence-electron chi connectivity index (χ1n) is 8.52. The number of ether oxygens (including phenoxy) is 2. The standard InChI is InChI=1S/C20H22BrNO3/c1-14(15-4-8-17(21)9-5-15)22-20(23)16-6-10-18(11-7-16)25-13-19-3-2-12-24-19/h4-11,14,19H,2-3,12-13H2,1H3,(H,22,23). The van der Waals surface area contributed by atoms with Crippen molar-refractivity contribution >= 4 is 21.8 Å². The minimum atomic E-state index is -0.0962. The minimum Gasteiger partial charge on any atom is -0.491 e. The second kappa shape index (κ2) is 8.50. The molecule has 0 aromatic heterocycles. The predicted octanol–water partition coefficient (Wildman–Crippen LogP) is 4.50. The third-order valence-electron chi connectivity index (χ3n) is 4.29. The molecular formula is C20H22BrNO3. The molecule has 25 heavy (non-hydrogen) atoms. The van der Waals surface area contributed by atoms with Gasteiger partial charge >= 0.3 is 0 Å². The van der Waals surface area contributed by atoms with Gasteiger partial charge in [-0.25, -0.2) is 0 Å². The average Bonchev–Trinajstić information content (AvgIpc) is 3.14. The van der Waals surface area contributed by atoms with Crippen molar-refractivity contribution in [3.63, 3.8) is 0 Å². The van der Waals surface area contributed by atoms with Gasteiger partial charge in [0.2, 0.25) is 0 Å². The first-order valence-corrected chi connectivity index (χ1v) is 9.32. The molecule has 2 aromatic rings. The summed E-state index contributed by atoms with van der Waals surface area (Å²) in [5, 5.41) is 3.01. The van der Waals surface area contributed by atoms with Crippen LogP contribution in [-0.4, -0.2) is 25.2 Å². The highest BCUT2D eigenvalue weighted by Crippen LogP contribution is 2.19. The van der Waals surface area contributed by atoms with E-state index in [1.807, 2.05) is 43.3 Å². The Morgan fingerprint density at radius 3 is 2.60 bits per heavy atom. The fourth-order valence-corrected chi connectivity index (χ4v) is 3.05. The maximum atomic E-state index is 12.4. The van der Waals surface area contributed by atoms with Crippen LogP contribution < -0.4 is 10.1 Å². The second-order valence-corrected chi connectivity index (χ2v) is 7.13. The highest BCUT2D eigenvalue weighted by molar-refractivity contribution is 9.10. The van der Waals surface area contributed by atoms with Gasteiger partial charge in [-0.1, -0.05) is 28.1 Å². The predicted molar refractivity (Wildman–Crippen MR) is 101 cm³/mol. The molecule has 0 radical (unpaired) electrons. The highest BCUT2D eigenvalue weighted by atomic mass is 79.9. The lowest BCUT2D eigenvalue weighted by molar-refractivity contribution is 0.0679. The normalized spacial score (nSPS) is 17.9. The lowest BCUT2D eigenvalue weighted by Gasteiger charge is -2.15. The van der Waals surface area contributed by atoms with E-state index in [1.165, 1.54) is 0 Å². The van der Waals surface area contributed by atoms with Crippen LogP contribution in [0.25, 0.3) is 0 Å². The molecule has 5 heteroatoms. The topological polar surface area (TPSA) is 47.6 Å². The van der Waals surface area contributed by atoms with E-state index in [1.54, 1.807) is 12.1 Å². The molecule has 1 heterocycles. The summed E-state index contributed by atoms with van der Waals surface area (Å²) in [5.41, 5.74) is 1.68. The third-order valence-corrected chi connectivity index (χ3v) is 4.82. The summed E-state index contributed by atoms with van der Waals surface area (Å²) in [6.45, 7) is 3.36. The average molecular weight is 404 g/mol. The molecule has 0 aliphatic carbocycles. The first-order chi connectivity index (χ1) is 12.1. The lowest BCUT2D eigenvalue weighted by Crippen LogP contribution is -2.26. The van der Waals surface area contributed by atoms with Gasteiger partial charge in [-0.05, 0) is 61.7 Å². The van der Waals surface area contributed by atoms with Gasteiger partial charge in [0.1, 0.15) is 12.4 Å². The van der Waals surface area contributed by atoms with Crippen molar-refractivity contribution < 1.29 is 14.3 Å². The van der Waals surface area contributed by atoms with Gasteiger partial charge in [-0.15, -0.1) is 0 Å². The molecule has 0 bridgehead atoms. The van der Waals surface area contributed by atoms with Crippen LogP contribution in [0, 0.1) is 0 Å². The van der Waals surface area contributed by atoms with Crippen LogP contribution in [0.5, 0.6) is 5.75 Å². The molecule has 132 valence electrons. The Balaban J connectivity index is 1.53. The monoisotopic (exact) mass is 403 g/mol. The van der Waals surface area contributed by atoms with Crippen molar-refractivity contribution in [2.45, 2.75) is 31.9 Å². The SMILES string of the molecule is CC(NC(=O)c1ccc(OCC2CCCO2)cc1)c1ccc(Br)cc1. The van der Waals surface area contributed by atoms with Crippen LogP contribution in [0.15, 0.2) is 53.0 Å². The summed E-state index contributed by atoms with van der Waals surface area (Å²) < 4.78 is 12.3. The highest BCUT2D eigenvalue weighted by Gasteiger charge is 2.16. The van der Waals surface area contributed by atoms with Crippen LogP contribution in [0.1, 0.15) is 41.7 Å². The van der Waals surface area contributed by atoms with Gasteiger partial charge in [0, 0.05) is 16.6 Å². The minimum absolute atomic E-state index is 0.0592. The van der Waals surface area contributed by atoms with Gasteiger partial charge in [0.05, 0.1) is 12.1 Å². The quantitative estimate of drug-likeness (QED) is 0.772. The van der Waals surface area contributed by atoms with E-state index >= 15 is 0 Å². The molecule has 2 unspecified atom stereocenters. The number of hydrogen-bond donors (Lipinski definition) is 1. The molecule has 1 amide bonds. The molecular weight excluding hydrogens is 382 g/mol. The Kier molecular flexibility index (Phi) is 6.10. The van der Waals surface area contributed by atoms with E-state index in [0.717, 1.165) is 35.2 Å². The van der Waals surface area contributed by atoms with Crippen LogP contribution in [0.3, 0.4) is 0 Å². The number of halogens is 1. The maximum Gasteiger partial charge on any atom is 0.251 e. The first kappa shape index (κ1) is 18.0. The van der Waals surface area contributed by atoms with E-state index in [2.05, 4.69) is 21.2 Å². The Bertz CT molecular complexity index is 694. The van der Waals surface area contributed by atoms with Gasteiger partial charge in [-0.2, -0.15) is 0 Å². The Labute approximate surface area is 156 Å². The van der Waals surface area contributed by atoms with Crippen molar-refractivity contribution in [2.75, 3.05) is 13.2 Å². The largest absolute Gasteiger partial charge is 0.491 e. The van der Waals surface area contributed by atoms with Gasteiger partial charge in [0.25, 0.3) is 5.91 Å². The number of benzene rings is 2. The summed E-state index contributed by atoms with van der Waals surface area (Å²) in [6, 6.07) is 15.1. The summed E-state index contributed by atoms with van der Waals surface area (Å²) in [4.78, 5) is 12.4. The molecule has 2 atom stereocenters. The summed E-state index contributed by atoms with van der Waals surface area (Å²) in [7, 11) is 0. The molecule has 0 spiro atoms. The zero-order valence-electron chi connectivity index (χ0n) is 14.2. The van der Waals surface area contributed by atoms with Crippen LogP contribution in [0.2, 0.25) is 0 Å². The molecule has 2 aromatic carbocycles. The van der Waals surface area contributed by atoms with E-state index < -0.39 is 0 Å². The van der Waals surface area contributed by atoms with E-state index in [-0.39, 0.29) is 18.1 Å². The number of rotatable bonds is 6. The smallest absolute Gasteiger partial charge is 0.251 e. The van der Waals surface area contributed by atoms with E-state index in [9.17, 15) is 4.79 Å². The maximum absolute atomic E-state index is 12.4. The van der Waals surface area contributed by atoms with Crippen molar-refractivity contribution in [3.8, 4) is 5.75 Å². The molecule has 4 nitrogen and oxygen atoms in total. The molecule has 1 aliphatic heterocycles. The van der Waals surface area contributed by atoms with Crippen molar-refractivity contribution in [1.29, 1.82) is 0 Å². The molecule has 3 rings (SSSR count). The van der Waals surface area contributed by atoms with E-state index in [4.69, 9.17) is 9.47 Å². The number of nitrogens with one attached hydrogen (secondary N) is 1. The Morgan fingerprint density at radius 1 is 1.24 bits per heavy atom. The fraction of sp³-hybridized carbons (Fsp3) is 0.350. The van der Waals surface area contributed by atoms with Crippen molar-refractivity contribution in [3.05, 3.63) is 64.1 Å². The number of carbonyl (C=O) groups excluding carboxylic acids is 1. The van der Waals surface area contributed by atoms with Crippen molar-refractivity contribution in [2.24, 2.45) is 0 Å². The summed E-state index contributed by atoms with van der Waals surface area (Å²) in [5.74, 6) is 0.661. The zero-order valence-corrected chi connectivity index (χ0v) is 15.8. The zero-order chi connectivity index (χ0) is 17.6. The second-order valence-electron chi connectivity index (χ2n) is 6.22. The number of carbonyl (C=O) groups is 1. The summed E-state index contributed by atoms with van der Waals surface area (Å²) in [6.07, 6.45) is 2.34. The number of amides is 1. The van der Waals surface area contributed by atoms with E-state index in [0.29, 0.717) is 12.2 Å². The van der Waals surface area contributed by atoms with Crippen LogP contribution in [-0.2, 0) is 4.74 Å². The molecule has 1 fully saturated rings. The Hall–Kier alpha value is -1.85. The molecule has 1 aliphatic rings. The fourth-order valence-electron chi connectivity index (χ4n) is 2.78. The Morgan fingerprint density at radius 2 is 1.96 bits per heavy atom.